The molecule has 3 aliphatic carbocycles. The Morgan fingerprint density at radius 3 is 2.45 bits per heavy atom. The van der Waals surface area contributed by atoms with Crippen LogP contribution < -0.4 is 5.32 Å². The molecule has 124 valence electrons. The second-order valence-corrected chi connectivity index (χ2v) is 11.2. The van der Waals surface area contributed by atoms with Crippen molar-refractivity contribution in [2.75, 3.05) is 0 Å². The number of carbonyl (C=O) groups is 2. The van der Waals surface area contributed by atoms with Crippen molar-refractivity contribution in [2.45, 2.75) is 81.9 Å². The van der Waals surface area contributed by atoms with Crippen molar-refractivity contribution in [3.05, 3.63) is 0 Å². The van der Waals surface area contributed by atoms with Crippen molar-refractivity contribution in [1.29, 1.82) is 0 Å². The van der Waals surface area contributed by atoms with Gasteiger partial charge in [-0.1, -0.05) is 0 Å². The molecule has 0 aromatic carbocycles. The van der Waals surface area contributed by atoms with Gasteiger partial charge in [0.15, 0.2) is 0 Å². The van der Waals surface area contributed by atoms with Crippen LogP contribution in [-0.2, 0) is 9.59 Å². The number of hydrogen-bond donors (Lipinski definition) is 1. The van der Waals surface area contributed by atoms with Crippen LogP contribution >= 0.6 is 0 Å². The van der Waals surface area contributed by atoms with Gasteiger partial charge in [-0.15, -0.1) is 0 Å². The Morgan fingerprint density at radius 2 is 1.86 bits per heavy atom. The quantitative estimate of drug-likeness (QED) is 0.775. The van der Waals surface area contributed by atoms with Crippen LogP contribution in [0, 0.1) is 16.7 Å². The molecule has 0 heterocycles. The van der Waals surface area contributed by atoms with E-state index in [1.54, 1.807) is 6.92 Å². The molecule has 0 radical (unpaired) electrons. The molecular formula is C18H29NO2Se. The number of nitrogens with one attached hydrogen (secondary N) is 1. The van der Waals surface area contributed by atoms with Crippen LogP contribution in [0.25, 0.3) is 0 Å². The molecule has 0 aromatic heterocycles. The van der Waals surface area contributed by atoms with E-state index in [2.05, 4.69) is 26.1 Å². The summed E-state index contributed by atoms with van der Waals surface area (Å²) in [4.78, 5) is 25.4. The second kappa shape index (κ2) is 5.63. The van der Waals surface area contributed by atoms with E-state index in [0.29, 0.717) is 42.3 Å². The first kappa shape index (κ1) is 16.5. The third kappa shape index (κ3) is 2.38. The Kier molecular flexibility index (Phi) is 4.23. The van der Waals surface area contributed by atoms with Crippen molar-refractivity contribution < 1.29 is 9.59 Å². The van der Waals surface area contributed by atoms with E-state index in [0.717, 1.165) is 12.8 Å². The fourth-order valence-electron chi connectivity index (χ4n) is 5.03. The van der Waals surface area contributed by atoms with Crippen LogP contribution in [0.2, 0.25) is 9.63 Å². The number of carbonyl (C=O) groups excluding carboxylic acids is 2. The van der Waals surface area contributed by atoms with E-state index < -0.39 is 0 Å². The van der Waals surface area contributed by atoms with E-state index in [9.17, 15) is 9.59 Å². The maximum absolute atomic E-state index is 13.0. The van der Waals surface area contributed by atoms with Crippen molar-refractivity contribution in [2.24, 2.45) is 16.7 Å². The van der Waals surface area contributed by atoms with Crippen LogP contribution in [0.4, 0.5) is 0 Å². The van der Waals surface area contributed by atoms with E-state index in [4.69, 9.17) is 0 Å². The van der Waals surface area contributed by atoms with Gasteiger partial charge in [-0.05, 0) is 0 Å². The second-order valence-electron chi connectivity index (χ2n) is 8.25. The zero-order chi connectivity index (χ0) is 16.1. The molecule has 1 N–H and O–H groups in total. The summed E-state index contributed by atoms with van der Waals surface area (Å²) in [6.45, 7) is 8.44. The summed E-state index contributed by atoms with van der Waals surface area (Å²) in [6.07, 6.45) is 7.06. The predicted molar refractivity (Wildman–Crippen MR) is 88.9 cm³/mol. The molecule has 0 saturated heterocycles. The summed E-state index contributed by atoms with van der Waals surface area (Å²) in [5.41, 5.74) is 0.0664. The molecule has 2 bridgehead atoms. The number of fused-ring (bicyclic) bond motifs is 2. The van der Waals surface area contributed by atoms with Gasteiger partial charge in [0, 0.05) is 0 Å². The molecule has 22 heavy (non-hydrogen) atoms. The van der Waals surface area contributed by atoms with E-state index >= 15 is 0 Å². The van der Waals surface area contributed by atoms with Crippen molar-refractivity contribution in [1.82, 2.24) is 5.32 Å². The molecule has 3 saturated carbocycles. The SMILES string of the molecule is CC(=O)N[C@@H]1CCCC[C@@H]1[Se]C1C(=O)C2(C)CCC1C2(C)C. The molecule has 3 fully saturated rings. The topological polar surface area (TPSA) is 46.2 Å². The Balaban J connectivity index is 1.75. The Hall–Kier alpha value is -0.341. The molecule has 3 aliphatic rings. The molecule has 5 atom stereocenters. The minimum absolute atomic E-state index is 0.0826. The van der Waals surface area contributed by atoms with Crippen LogP contribution in [-0.4, -0.2) is 32.7 Å². The monoisotopic (exact) mass is 371 g/mol. The Bertz CT molecular complexity index is 489. The van der Waals surface area contributed by atoms with Gasteiger partial charge >= 0.3 is 140 Å². The third-order valence-corrected chi connectivity index (χ3v) is 10.6. The Morgan fingerprint density at radius 1 is 1.18 bits per heavy atom. The van der Waals surface area contributed by atoms with E-state index in [1.807, 2.05) is 0 Å². The van der Waals surface area contributed by atoms with Gasteiger partial charge in [0.2, 0.25) is 0 Å². The first-order chi connectivity index (χ1) is 10.3. The summed E-state index contributed by atoms with van der Waals surface area (Å²) in [5.74, 6) is 1.20. The predicted octanol–water partition coefficient (Wildman–Crippen LogP) is 3.37. The molecule has 0 aromatic rings. The summed E-state index contributed by atoms with van der Waals surface area (Å²) in [7, 11) is 0. The minimum atomic E-state index is -0.0950. The first-order valence-corrected chi connectivity index (χ1v) is 10.7. The van der Waals surface area contributed by atoms with Gasteiger partial charge in [-0.3, -0.25) is 0 Å². The van der Waals surface area contributed by atoms with Crippen LogP contribution in [0.15, 0.2) is 0 Å². The summed E-state index contributed by atoms with van der Waals surface area (Å²) in [6, 6.07) is 0.314. The van der Waals surface area contributed by atoms with E-state index in [1.165, 1.54) is 25.7 Å². The number of Topliss-reactive ketones (excluding diaryl/α,β-unsaturated/α-hetero) is 1. The summed E-state index contributed by atoms with van der Waals surface area (Å²) >= 11 is 0.324. The third-order valence-electron chi connectivity index (χ3n) is 6.88. The van der Waals surface area contributed by atoms with Crippen molar-refractivity contribution >= 4 is 26.6 Å². The van der Waals surface area contributed by atoms with Gasteiger partial charge < -0.3 is 0 Å². The zero-order valence-electron chi connectivity index (χ0n) is 14.3. The number of rotatable bonds is 3. The maximum atomic E-state index is 13.0. The number of hydrogen-bond acceptors (Lipinski definition) is 2. The van der Waals surface area contributed by atoms with Crippen LogP contribution in [0.3, 0.4) is 0 Å². The normalized spacial score (nSPS) is 43.4. The molecule has 0 aliphatic heterocycles. The molecule has 3 unspecified atom stereocenters. The number of amides is 1. The fourth-order valence-corrected chi connectivity index (χ4v) is 9.49. The zero-order valence-corrected chi connectivity index (χ0v) is 16.0. The molecule has 0 spiro atoms. The van der Waals surface area contributed by atoms with Crippen molar-refractivity contribution in [3.8, 4) is 0 Å². The molecular weight excluding hydrogens is 341 g/mol. The Labute approximate surface area is 140 Å². The van der Waals surface area contributed by atoms with Gasteiger partial charge in [0.25, 0.3) is 0 Å². The fraction of sp³-hybridized carbons (Fsp3) is 0.889. The van der Waals surface area contributed by atoms with Crippen molar-refractivity contribution in [3.63, 3.8) is 0 Å². The van der Waals surface area contributed by atoms with Gasteiger partial charge in [0.1, 0.15) is 0 Å². The first-order valence-electron chi connectivity index (χ1n) is 8.74. The van der Waals surface area contributed by atoms with E-state index in [-0.39, 0.29) is 16.7 Å². The van der Waals surface area contributed by atoms with Crippen LogP contribution in [0.1, 0.15) is 66.2 Å². The average Bonchev–Trinajstić information content (AvgIpc) is 2.74. The summed E-state index contributed by atoms with van der Waals surface area (Å²) < 4.78 is 0. The van der Waals surface area contributed by atoms with Gasteiger partial charge in [-0.2, -0.15) is 0 Å². The van der Waals surface area contributed by atoms with Gasteiger partial charge in [-0.25, -0.2) is 0 Å². The molecule has 3 rings (SSSR count). The summed E-state index contributed by atoms with van der Waals surface area (Å²) in [5, 5.41) is 3.16. The average molecular weight is 370 g/mol. The molecule has 1 amide bonds. The molecule has 4 heteroatoms. The standard InChI is InChI=1S/C18H29NO2Se/c1-11(20)19-13-7-5-6-8-14(13)22-15-12-9-10-18(4,16(15)21)17(12,2)3/h12-15H,5-10H2,1-4H3,(H,19,20)/t12?,13-,14+,15?,18?/m1/s1. The number of ketones is 1. The van der Waals surface area contributed by atoms with Crippen LogP contribution in [0.5, 0.6) is 0 Å². The molecule has 3 nitrogen and oxygen atoms in total. The van der Waals surface area contributed by atoms with Gasteiger partial charge in [0.05, 0.1) is 0 Å².